The van der Waals surface area contributed by atoms with Gasteiger partial charge in [0.1, 0.15) is 4.70 Å². The molecule has 0 aliphatic carbocycles. The first-order valence-electron chi connectivity index (χ1n) is 9.12. The highest BCUT2D eigenvalue weighted by atomic mass is 32.1. The van der Waals surface area contributed by atoms with Gasteiger partial charge in [-0.2, -0.15) is 0 Å². The maximum atomic E-state index is 12.7. The third-order valence-corrected chi connectivity index (χ3v) is 6.16. The number of piperidine rings is 1. The first kappa shape index (κ1) is 17.7. The number of carbonyl (C=O) groups is 1. The highest BCUT2D eigenvalue weighted by molar-refractivity contribution is 7.17. The lowest BCUT2D eigenvalue weighted by Gasteiger charge is -2.32. The number of hydrogen-bond acceptors (Lipinski definition) is 5. The van der Waals surface area contributed by atoms with Gasteiger partial charge >= 0.3 is 0 Å². The van der Waals surface area contributed by atoms with Gasteiger partial charge in [-0.05, 0) is 30.9 Å². The van der Waals surface area contributed by atoms with Gasteiger partial charge in [-0.3, -0.25) is 14.6 Å². The molecular weight excluding hydrogens is 360 g/mol. The number of aryl methyl sites for hydroxylation is 1. The smallest absolute Gasteiger partial charge is 0.270 e. The van der Waals surface area contributed by atoms with E-state index in [4.69, 9.17) is 4.98 Å². The Morgan fingerprint density at radius 2 is 2.15 bits per heavy atom. The third kappa shape index (κ3) is 3.23. The monoisotopic (exact) mass is 382 g/mol. The standard InChI is InChI=1S/C20H22N4O2S/c1-12-6-3-4-8-14(12)15-11-27-17-16(15)22-20(23-19(17)26)24-9-5-7-13(10-24)18(25)21-2/h3-4,6,8,11,13H,5,7,9-10H2,1-2H3,(H,21,25)(H,22,23,26). The second kappa shape index (κ2) is 7.15. The molecule has 3 aromatic rings. The Hall–Kier alpha value is -2.67. The van der Waals surface area contributed by atoms with E-state index in [1.54, 1.807) is 7.05 Å². The van der Waals surface area contributed by atoms with Crippen LogP contribution in [0.25, 0.3) is 21.3 Å². The number of nitrogens with one attached hydrogen (secondary N) is 2. The summed E-state index contributed by atoms with van der Waals surface area (Å²) in [6, 6.07) is 8.12. The number of thiophene rings is 1. The van der Waals surface area contributed by atoms with Crippen LogP contribution >= 0.6 is 11.3 Å². The molecule has 1 aromatic carbocycles. The number of aromatic amines is 1. The van der Waals surface area contributed by atoms with Crippen molar-refractivity contribution in [2.75, 3.05) is 25.0 Å². The summed E-state index contributed by atoms with van der Waals surface area (Å²) in [6.07, 6.45) is 1.75. The number of amides is 1. The normalized spacial score (nSPS) is 17.3. The summed E-state index contributed by atoms with van der Waals surface area (Å²) in [5.41, 5.74) is 3.84. The molecule has 1 fully saturated rings. The van der Waals surface area contributed by atoms with Crippen molar-refractivity contribution in [3.8, 4) is 11.1 Å². The van der Waals surface area contributed by atoms with E-state index in [-0.39, 0.29) is 17.4 Å². The van der Waals surface area contributed by atoms with Crippen LogP contribution in [0.2, 0.25) is 0 Å². The van der Waals surface area contributed by atoms with Gasteiger partial charge in [0.25, 0.3) is 5.56 Å². The van der Waals surface area contributed by atoms with Gasteiger partial charge in [0.2, 0.25) is 11.9 Å². The van der Waals surface area contributed by atoms with E-state index >= 15 is 0 Å². The molecule has 0 saturated carbocycles. The van der Waals surface area contributed by atoms with E-state index in [0.29, 0.717) is 17.2 Å². The number of fused-ring (bicyclic) bond motifs is 1. The van der Waals surface area contributed by atoms with Crippen LogP contribution in [0.4, 0.5) is 5.95 Å². The Morgan fingerprint density at radius 1 is 1.33 bits per heavy atom. The Bertz CT molecular complexity index is 1060. The molecule has 1 saturated heterocycles. The summed E-state index contributed by atoms with van der Waals surface area (Å²) >= 11 is 1.42. The molecule has 1 aliphatic rings. The molecule has 6 nitrogen and oxygen atoms in total. The van der Waals surface area contributed by atoms with Crippen molar-refractivity contribution in [1.29, 1.82) is 0 Å². The molecule has 140 valence electrons. The van der Waals surface area contributed by atoms with Gasteiger partial charge in [0.05, 0.1) is 11.4 Å². The summed E-state index contributed by atoms with van der Waals surface area (Å²) in [7, 11) is 1.66. The average Bonchev–Trinajstić information content (AvgIpc) is 3.12. The summed E-state index contributed by atoms with van der Waals surface area (Å²) in [5.74, 6) is 0.511. The summed E-state index contributed by atoms with van der Waals surface area (Å²) in [5, 5.41) is 4.73. The maximum Gasteiger partial charge on any atom is 0.270 e. The summed E-state index contributed by atoms with van der Waals surface area (Å²) in [4.78, 5) is 34.4. The first-order valence-corrected chi connectivity index (χ1v) is 10.0. The van der Waals surface area contributed by atoms with Gasteiger partial charge in [0.15, 0.2) is 0 Å². The quantitative estimate of drug-likeness (QED) is 0.730. The van der Waals surface area contributed by atoms with Crippen molar-refractivity contribution in [2.45, 2.75) is 19.8 Å². The Labute approximate surface area is 161 Å². The first-order chi connectivity index (χ1) is 13.1. The summed E-state index contributed by atoms with van der Waals surface area (Å²) in [6.45, 7) is 3.41. The average molecular weight is 382 g/mol. The zero-order valence-corrected chi connectivity index (χ0v) is 16.2. The van der Waals surface area contributed by atoms with E-state index < -0.39 is 0 Å². The molecule has 1 aliphatic heterocycles. The fraction of sp³-hybridized carbons (Fsp3) is 0.350. The highest BCUT2D eigenvalue weighted by Gasteiger charge is 2.27. The Balaban J connectivity index is 1.77. The van der Waals surface area contributed by atoms with Crippen molar-refractivity contribution in [1.82, 2.24) is 15.3 Å². The van der Waals surface area contributed by atoms with Crippen molar-refractivity contribution in [3.63, 3.8) is 0 Å². The van der Waals surface area contributed by atoms with Crippen LogP contribution in [-0.2, 0) is 4.79 Å². The van der Waals surface area contributed by atoms with Crippen LogP contribution in [-0.4, -0.2) is 36.0 Å². The molecule has 3 heterocycles. The van der Waals surface area contributed by atoms with E-state index in [2.05, 4.69) is 29.4 Å². The lowest BCUT2D eigenvalue weighted by Crippen LogP contribution is -2.43. The molecule has 2 N–H and O–H groups in total. The number of nitrogens with zero attached hydrogens (tertiary/aromatic N) is 2. The van der Waals surface area contributed by atoms with Gasteiger partial charge in [-0.15, -0.1) is 11.3 Å². The van der Waals surface area contributed by atoms with Crippen molar-refractivity contribution < 1.29 is 4.79 Å². The van der Waals surface area contributed by atoms with Gasteiger partial charge in [-0.1, -0.05) is 24.3 Å². The minimum atomic E-state index is -0.123. The number of H-pyrrole nitrogens is 1. The van der Waals surface area contributed by atoms with Crippen molar-refractivity contribution >= 4 is 33.4 Å². The highest BCUT2D eigenvalue weighted by Crippen LogP contribution is 2.33. The second-order valence-corrected chi connectivity index (χ2v) is 7.81. The number of benzene rings is 1. The largest absolute Gasteiger partial charge is 0.359 e. The van der Waals surface area contributed by atoms with Crippen LogP contribution < -0.4 is 15.8 Å². The van der Waals surface area contributed by atoms with Crippen LogP contribution in [0, 0.1) is 12.8 Å². The molecule has 2 aromatic heterocycles. The van der Waals surface area contributed by atoms with E-state index in [9.17, 15) is 9.59 Å². The lowest BCUT2D eigenvalue weighted by molar-refractivity contribution is -0.124. The van der Waals surface area contributed by atoms with Crippen molar-refractivity contribution in [3.05, 3.63) is 45.6 Å². The fourth-order valence-electron chi connectivity index (χ4n) is 3.72. The number of anilines is 1. The number of rotatable bonds is 3. The van der Waals surface area contributed by atoms with Crippen LogP contribution in [0.15, 0.2) is 34.4 Å². The van der Waals surface area contributed by atoms with Crippen LogP contribution in [0.3, 0.4) is 0 Å². The van der Waals surface area contributed by atoms with Gasteiger partial charge < -0.3 is 10.2 Å². The maximum absolute atomic E-state index is 12.7. The molecule has 1 amide bonds. The van der Waals surface area contributed by atoms with E-state index in [0.717, 1.165) is 41.6 Å². The predicted molar refractivity (Wildman–Crippen MR) is 109 cm³/mol. The Morgan fingerprint density at radius 3 is 2.93 bits per heavy atom. The molecule has 7 heteroatoms. The van der Waals surface area contributed by atoms with Gasteiger partial charge in [-0.25, -0.2) is 4.98 Å². The van der Waals surface area contributed by atoms with Crippen LogP contribution in [0.5, 0.6) is 0 Å². The molecule has 0 bridgehead atoms. The second-order valence-electron chi connectivity index (χ2n) is 6.93. The topological polar surface area (TPSA) is 78.1 Å². The zero-order valence-electron chi connectivity index (χ0n) is 15.4. The minimum Gasteiger partial charge on any atom is -0.359 e. The third-order valence-electron chi connectivity index (χ3n) is 5.19. The number of carbonyl (C=O) groups excluding carboxylic acids is 1. The lowest BCUT2D eigenvalue weighted by atomic mass is 9.97. The molecule has 27 heavy (non-hydrogen) atoms. The predicted octanol–water partition coefficient (Wildman–Crippen LogP) is 2.92. The van der Waals surface area contributed by atoms with E-state index in [1.165, 1.54) is 11.3 Å². The van der Waals surface area contributed by atoms with E-state index in [1.807, 2.05) is 22.4 Å². The van der Waals surface area contributed by atoms with Crippen LogP contribution in [0.1, 0.15) is 18.4 Å². The summed E-state index contributed by atoms with van der Waals surface area (Å²) < 4.78 is 0.636. The van der Waals surface area contributed by atoms with Gasteiger partial charge in [0, 0.05) is 31.1 Å². The molecule has 0 spiro atoms. The molecule has 0 radical (unpaired) electrons. The molecule has 1 unspecified atom stereocenters. The SMILES string of the molecule is CNC(=O)C1CCCN(c2nc3c(-c4ccccc4C)csc3c(=O)[nH]2)C1. The zero-order chi connectivity index (χ0) is 19.0. The Kier molecular flexibility index (Phi) is 4.70. The molecular formula is C20H22N4O2S. The number of aromatic nitrogens is 2. The minimum absolute atomic E-state index is 0.0410. The fourth-order valence-corrected chi connectivity index (χ4v) is 4.62. The molecule has 4 rings (SSSR count). The number of hydrogen-bond donors (Lipinski definition) is 2. The van der Waals surface area contributed by atoms with Crippen molar-refractivity contribution in [2.24, 2.45) is 5.92 Å². The molecule has 1 atom stereocenters.